The lowest BCUT2D eigenvalue weighted by atomic mass is 10.1. The number of para-hydroxylation sites is 1. The molecule has 6 nitrogen and oxygen atoms in total. The number of hydrogen-bond acceptors (Lipinski definition) is 4. The summed E-state index contributed by atoms with van der Waals surface area (Å²) in [6.07, 6.45) is 6.43. The minimum atomic E-state index is 0.101. The van der Waals surface area contributed by atoms with Crippen molar-refractivity contribution in [3.63, 3.8) is 0 Å². The Balaban J connectivity index is 1.68. The van der Waals surface area contributed by atoms with Gasteiger partial charge < -0.3 is 9.64 Å². The smallest absolute Gasteiger partial charge is 0.256 e. The fraction of sp³-hybridized carbons (Fsp3) is 0.600. The predicted octanol–water partition coefficient (Wildman–Crippen LogP) is 2.92. The van der Waals surface area contributed by atoms with E-state index < -0.39 is 0 Å². The van der Waals surface area contributed by atoms with Crippen molar-refractivity contribution in [1.82, 2.24) is 20.0 Å². The monoisotopic (exact) mass is 358 g/mol. The Labute approximate surface area is 155 Å². The average Bonchev–Trinajstić information content (AvgIpc) is 3.16. The van der Waals surface area contributed by atoms with Gasteiger partial charge >= 0.3 is 0 Å². The van der Waals surface area contributed by atoms with Crippen LogP contribution >= 0.6 is 0 Å². The van der Waals surface area contributed by atoms with Gasteiger partial charge in [0.25, 0.3) is 5.91 Å². The molecule has 1 aromatic carbocycles. The lowest BCUT2D eigenvalue weighted by Gasteiger charge is -2.30. The van der Waals surface area contributed by atoms with E-state index >= 15 is 0 Å². The zero-order valence-corrected chi connectivity index (χ0v) is 15.7. The van der Waals surface area contributed by atoms with Gasteiger partial charge in [-0.25, -0.2) is 0 Å². The van der Waals surface area contributed by atoms with Gasteiger partial charge in [0.1, 0.15) is 0 Å². The largest absolute Gasteiger partial charge is 0.379 e. The molecule has 142 valence electrons. The third-order valence-electron chi connectivity index (χ3n) is 5.07. The van der Waals surface area contributed by atoms with Gasteiger partial charge in [0, 0.05) is 38.1 Å². The predicted molar refractivity (Wildman–Crippen MR) is 103 cm³/mol. The maximum absolute atomic E-state index is 13.2. The molecule has 0 spiro atoms. The van der Waals surface area contributed by atoms with Crippen molar-refractivity contribution in [3.8, 4) is 0 Å². The summed E-state index contributed by atoms with van der Waals surface area (Å²) < 4.78 is 5.42. The molecule has 1 aromatic heterocycles. The second-order valence-corrected chi connectivity index (χ2v) is 6.95. The molecule has 6 heteroatoms. The Morgan fingerprint density at radius 3 is 2.88 bits per heavy atom. The van der Waals surface area contributed by atoms with E-state index in [2.05, 4.69) is 22.0 Å². The number of nitrogens with one attached hydrogen (secondary N) is 1. The normalized spacial score (nSPS) is 15.4. The van der Waals surface area contributed by atoms with Crippen LogP contribution in [0.3, 0.4) is 0 Å². The van der Waals surface area contributed by atoms with Crippen LogP contribution in [0.15, 0.2) is 24.4 Å². The fourth-order valence-corrected chi connectivity index (χ4v) is 3.45. The highest BCUT2D eigenvalue weighted by Gasteiger charge is 2.20. The van der Waals surface area contributed by atoms with E-state index in [4.69, 9.17) is 4.74 Å². The van der Waals surface area contributed by atoms with Gasteiger partial charge in [-0.2, -0.15) is 5.10 Å². The lowest BCUT2D eigenvalue weighted by molar-refractivity contribution is 0.0324. The maximum atomic E-state index is 13.2. The first-order chi connectivity index (χ1) is 12.8. The van der Waals surface area contributed by atoms with Crippen LogP contribution in [0.4, 0.5) is 0 Å². The number of carbonyl (C=O) groups is 1. The zero-order valence-electron chi connectivity index (χ0n) is 15.7. The molecule has 2 aromatic rings. The highest BCUT2D eigenvalue weighted by Crippen LogP contribution is 2.18. The van der Waals surface area contributed by atoms with E-state index in [1.165, 1.54) is 19.3 Å². The zero-order chi connectivity index (χ0) is 18.2. The number of nitrogens with zero attached hydrogens (tertiary/aromatic N) is 3. The van der Waals surface area contributed by atoms with Gasteiger partial charge in [-0.3, -0.25) is 14.8 Å². The maximum Gasteiger partial charge on any atom is 0.256 e. The SMILES string of the molecule is CCCCCCN(CCN1CCOCC1)C(=O)c1cccc2cn[nH]c12. The lowest BCUT2D eigenvalue weighted by Crippen LogP contribution is -2.43. The van der Waals surface area contributed by atoms with E-state index in [9.17, 15) is 4.79 Å². The third-order valence-corrected chi connectivity index (χ3v) is 5.07. The average molecular weight is 358 g/mol. The van der Waals surface area contributed by atoms with Crippen molar-refractivity contribution in [2.24, 2.45) is 0 Å². The van der Waals surface area contributed by atoms with E-state index in [0.29, 0.717) is 0 Å². The van der Waals surface area contributed by atoms with Crippen LogP contribution in [-0.2, 0) is 4.74 Å². The number of H-pyrrole nitrogens is 1. The Kier molecular flexibility index (Phi) is 7.03. The van der Waals surface area contributed by atoms with Gasteiger partial charge in [0.15, 0.2) is 0 Å². The molecule has 0 aliphatic carbocycles. The first-order valence-electron chi connectivity index (χ1n) is 9.81. The second-order valence-electron chi connectivity index (χ2n) is 6.95. The van der Waals surface area contributed by atoms with E-state index in [-0.39, 0.29) is 5.91 Å². The summed E-state index contributed by atoms with van der Waals surface area (Å²) in [5, 5.41) is 8.05. The molecule has 1 saturated heterocycles. The molecule has 26 heavy (non-hydrogen) atoms. The summed E-state index contributed by atoms with van der Waals surface area (Å²) in [5.74, 6) is 0.101. The number of carbonyl (C=O) groups excluding carboxylic acids is 1. The first-order valence-corrected chi connectivity index (χ1v) is 9.81. The molecular formula is C20H30N4O2. The Morgan fingerprint density at radius 1 is 1.23 bits per heavy atom. The van der Waals surface area contributed by atoms with Crippen molar-refractivity contribution >= 4 is 16.8 Å². The van der Waals surface area contributed by atoms with Crippen molar-refractivity contribution in [1.29, 1.82) is 0 Å². The van der Waals surface area contributed by atoms with Crippen molar-refractivity contribution in [2.75, 3.05) is 45.9 Å². The number of benzene rings is 1. The molecule has 1 amide bonds. The van der Waals surface area contributed by atoms with Crippen molar-refractivity contribution in [2.45, 2.75) is 32.6 Å². The molecule has 1 fully saturated rings. The van der Waals surface area contributed by atoms with Crippen LogP contribution in [0.25, 0.3) is 10.9 Å². The number of amides is 1. The third kappa shape index (κ3) is 4.83. The van der Waals surface area contributed by atoms with Gasteiger partial charge in [0.05, 0.1) is 30.5 Å². The molecule has 1 aliphatic heterocycles. The molecule has 1 aliphatic rings. The molecule has 0 saturated carbocycles. The molecular weight excluding hydrogens is 328 g/mol. The number of aromatic nitrogens is 2. The number of hydrogen-bond donors (Lipinski definition) is 1. The minimum Gasteiger partial charge on any atom is -0.379 e. The summed E-state index contributed by atoms with van der Waals surface area (Å²) in [5.41, 5.74) is 1.56. The van der Waals surface area contributed by atoms with Crippen molar-refractivity contribution in [3.05, 3.63) is 30.0 Å². The van der Waals surface area contributed by atoms with E-state index in [1.807, 2.05) is 23.1 Å². The van der Waals surface area contributed by atoms with E-state index in [0.717, 1.165) is 68.8 Å². The highest BCUT2D eigenvalue weighted by atomic mass is 16.5. The van der Waals surface area contributed by atoms with Crippen LogP contribution in [0, 0.1) is 0 Å². The first kappa shape index (κ1) is 18.9. The topological polar surface area (TPSA) is 61.5 Å². The summed E-state index contributed by atoms with van der Waals surface area (Å²) in [6.45, 7) is 8.17. The number of morpholine rings is 1. The highest BCUT2D eigenvalue weighted by molar-refractivity contribution is 6.05. The number of aromatic amines is 1. The Hall–Kier alpha value is -1.92. The molecule has 0 radical (unpaired) electrons. The van der Waals surface area contributed by atoms with Crippen LogP contribution < -0.4 is 0 Å². The van der Waals surface area contributed by atoms with Gasteiger partial charge in [0.2, 0.25) is 0 Å². The van der Waals surface area contributed by atoms with Crippen LogP contribution in [0.5, 0.6) is 0 Å². The molecule has 2 heterocycles. The van der Waals surface area contributed by atoms with Crippen LogP contribution in [0.1, 0.15) is 43.0 Å². The molecule has 0 atom stereocenters. The Morgan fingerprint density at radius 2 is 2.08 bits per heavy atom. The van der Waals surface area contributed by atoms with Crippen molar-refractivity contribution < 1.29 is 9.53 Å². The molecule has 0 unspecified atom stereocenters. The summed E-state index contributed by atoms with van der Waals surface area (Å²) in [7, 11) is 0. The summed E-state index contributed by atoms with van der Waals surface area (Å²) in [4.78, 5) is 17.6. The second kappa shape index (κ2) is 9.69. The van der Waals surface area contributed by atoms with E-state index in [1.54, 1.807) is 6.20 Å². The quantitative estimate of drug-likeness (QED) is 0.700. The number of rotatable bonds is 9. The number of unbranched alkanes of at least 4 members (excludes halogenated alkanes) is 3. The molecule has 3 rings (SSSR count). The minimum absolute atomic E-state index is 0.101. The summed E-state index contributed by atoms with van der Waals surface area (Å²) in [6, 6.07) is 5.81. The summed E-state index contributed by atoms with van der Waals surface area (Å²) >= 11 is 0. The van der Waals surface area contributed by atoms with Gasteiger partial charge in [-0.1, -0.05) is 38.3 Å². The standard InChI is InChI=1S/C20H30N4O2/c1-2-3-4-5-9-24(11-10-23-12-14-26-15-13-23)20(25)18-8-6-7-17-16-21-22-19(17)18/h6-8,16H,2-5,9-15H2,1H3,(H,21,22). The van der Waals surface area contributed by atoms with Crippen LogP contribution in [-0.4, -0.2) is 71.8 Å². The molecule has 1 N–H and O–H groups in total. The fourth-order valence-electron chi connectivity index (χ4n) is 3.45. The number of ether oxygens (including phenoxy) is 1. The van der Waals surface area contributed by atoms with Crippen LogP contribution in [0.2, 0.25) is 0 Å². The van der Waals surface area contributed by atoms with Gasteiger partial charge in [-0.05, 0) is 12.5 Å². The number of fused-ring (bicyclic) bond motifs is 1. The molecule has 0 bridgehead atoms. The van der Waals surface area contributed by atoms with Gasteiger partial charge in [-0.15, -0.1) is 0 Å². The Bertz CT molecular complexity index is 694.